The second-order valence-electron chi connectivity index (χ2n) is 5.79. The van der Waals surface area contributed by atoms with Crippen molar-refractivity contribution in [2.75, 3.05) is 6.54 Å². The lowest BCUT2D eigenvalue weighted by molar-refractivity contribution is 0.0934. The van der Waals surface area contributed by atoms with Crippen LogP contribution >= 0.6 is 23.2 Å². The Morgan fingerprint density at radius 3 is 2.70 bits per heavy atom. The molecular weight excluding hydrogens is 295 g/mol. The number of carbonyl (C=O) groups excluding carboxylic acids is 1. The molecule has 0 bridgehead atoms. The van der Waals surface area contributed by atoms with E-state index >= 15 is 0 Å². The molecule has 0 aliphatic rings. The maximum Gasteiger partial charge on any atom is 0.252 e. The molecule has 0 aliphatic carbocycles. The molecular formula is C15H22Cl2N2O. The average molecular weight is 317 g/mol. The Balaban J connectivity index is 2.56. The second kappa shape index (κ2) is 7.84. The van der Waals surface area contributed by atoms with Gasteiger partial charge < -0.3 is 5.32 Å². The van der Waals surface area contributed by atoms with Crippen LogP contribution in [0.25, 0.3) is 0 Å². The summed E-state index contributed by atoms with van der Waals surface area (Å²) in [4.78, 5) is 15.9. The zero-order valence-electron chi connectivity index (χ0n) is 12.3. The number of nitrogens with zero attached hydrogens (tertiary/aromatic N) is 1. The Kier molecular flexibility index (Phi) is 6.77. The molecule has 0 aromatic carbocycles. The number of hydrogen-bond acceptors (Lipinski definition) is 2. The molecule has 0 fully saturated rings. The third kappa shape index (κ3) is 5.68. The van der Waals surface area contributed by atoms with Crippen LogP contribution in [-0.4, -0.2) is 17.4 Å². The monoisotopic (exact) mass is 316 g/mol. The fraction of sp³-hybridized carbons (Fsp3) is 0.600. The highest BCUT2D eigenvalue weighted by molar-refractivity contribution is 6.35. The van der Waals surface area contributed by atoms with E-state index in [1.165, 1.54) is 31.5 Å². The van der Waals surface area contributed by atoms with Gasteiger partial charge in [0.15, 0.2) is 0 Å². The summed E-state index contributed by atoms with van der Waals surface area (Å²) in [6, 6.07) is 1.49. The van der Waals surface area contributed by atoms with Gasteiger partial charge in [-0.15, -0.1) is 0 Å². The standard InChI is InChI=1S/C15H22Cl2N2O/c1-4-5-6-7-15(2,3)10-19-14(20)11-8-13(17)18-9-12(11)16/h8-9H,4-7,10H2,1-3H3,(H,19,20). The summed E-state index contributed by atoms with van der Waals surface area (Å²) >= 11 is 11.7. The van der Waals surface area contributed by atoms with Crippen molar-refractivity contribution in [2.45, 2.75) is 46.5 Å². The van der Waals surface area contributed by atoms with Crippen LogP contribution in [0.4, 0.5) is 0 Å². The minimum Gasteiger partial charge on any atom is -0.351 e. The first-order chi connectivity index (χ1) is 9.35. The Bertz CT molecular complexity index is 461. The summed E-state index contributed by atoms with van der Waals surface area (Å²) in [6.07, 6.45) is 6.09. The summed E-state index contributed by atoms with van der Waals surface area (Å²) < 4.78 is 0. The van der Waals surface area contributed by atoms with Crippen LogP contribution in [0.1, 0.15) is 56.8 Å². The molecule has 1 aromatic rings. The number of nitrogens with one attached hydrogen (secondary N) is 1. The molecule has 1 rings (SSSR count). The quantitative estimate of drug-likeness (QED) is 0.584. The van der Waals surface area contributed by atoms with Crippen LogP contribution < -0.4 is 5.32 Å². The third-order valence-corrected chi connectivity index (χ3v) is 3.76. The van der Waals surface area contributed by atoms with Crippen molar-refractivity contribution >= 4 is 29.1 Å². The van der Waals surface area contributed by atoms with E-state index in [4.69, 9.17) is 23.2 Å². The van der Waals surface area contributed by atoms with Crippen molar-refractivity contribution in [3.8, 4) is 0 Å². The van der Waals surface area contributed by atoms with E-state index in [-0.39, 0.29) is 16.5 Å². The number of unbranched alkanes of at least 4 members (excludes halogenated alkanes) is 2. The minimum absolute atomic E-state index is 0.0775. The van der Waals surface area contributed by atoms with Gasteiger partial charge in [-0.1, -0.05) is 63.2 Å². The topological polar surface area (TPSA) is 42.0 Å². The summed E-state index contributed by atoms with van der Waals surface area (Å²) in [5.74, 6) is -0.206. The molecule has 20 heavy (non-hydrogen) atoms. The Morgan fingerprint density at radius 1 is 1.35 bits per heavy atom. The Hall–Kier alpha value is -0.800. The molecule has 1 N–H and O–H groups in total. The molecule has 0 saturated heterocycles. The van der Waals surface area contributed by atoms with Crippen molar-refractivity contribution in [3.63, 3.8) is 0 Å². The summed E-state index contributed by atoms with van der Waals surface area (Å²) in [5.41, 5.74) is 0.449. The van der Waals surface area contributed by atoms with E-state index in [0.717, 1.165) is 6.42 Å². The molecule has 0 spiro atoms. The van der Waals surface area contributed by atoms with Crippen LogP contribution in [0.2, 0.25) is 10.2 Å². The van der Waals surface area contributed by atoms with E-state index in [0.29, 0.717) is 17.1 Å². The highest BCUT2D eigenvalue weighted by Crippen LogP contribution is 2.23. The van der Waals surface area contributed by atoms with Gasteiger partial charge in [-0.2, -0.15) is 0 Å². The smallest absolute Gasteiger partial charge is 0.252 e. The molecule has 1 amide bonds. The van der Waals surface area contributed by atoms with Crippen molar-refractivity contribution in [2.24, 2.45) is 5.41 Å². The van der Waals surface area contributed by atoms with Gasteiger partial charge in [-0.3, -0.25) is 4.79 Å². The zero-order valence-corrected chi connectivity index (χ0v) is 13.8. The number of pyridine rings is 1. The number of aromatic nitrogens is 1. The molecule has 112 valence electrons. The predicted molar refractivity (Wildman–Crippen MR) is 84.5 cm³/mol. The summed E-state index contributed by atoms with van der Waals surface area (Å²) in [5, 5.41) is 3.51. The van der Waals surface area contributed by atoms with Gasteiger partial charge in [-0.05, 0) is 17.9 Å². The first-order valence-corrected chi connectivity index (χ1v) is 7.70. The van der Waals surface area contributed by atoms with Crippen LogP contribution in [0, 0.1) is 5.41 Å². The third-order valence-electron chi connectivity index (χ3n) is 3.25. The van der Waals surface area contributed by atoms with Gasteiger partial charge in [0.05, 0.1) is 10.6 Å². The number of hydrogen-bond donors (Lipinski definition) is 1. The lowest BCUT2D eigenvalue weighted by Gasteiger charge is -2.25. The van der Waals surface area contributed by atoms with Gasteiger partial charge in [0, 0.05) is 12.7 Å². The SMILES string of the molecule is CCCCCC(C)(C)CNC(=O)c1cc(Cl)ncc1Cl. The maximum absolute atomic E-state index is 12.1. The lowest BCUT2D eigenvalue weighted by atomic mass is 9.87. The van der Waals surface area contributed by atoms with E-state index in [2.05, 4.69) is 31.1 Å². The lowest BCUT2D eigenvalue weighted by Crippen LogP contribution is -2.34. The molecule has 0 saturated carbocycles. The van der Waals surface area contributed by atoms with Gasteiger partial charge in [0.1, 0.15) is 5.15 Å². The molecule has 5 heteroatoms. The number of halogens is 2. The zero-order chi connectivity index (χ0) is 15.2. The molecule has 0 atom stereocenters. The van der Waals surface area contributed by atoms with Crippen LogP contribution in [0.3, 0.4) is 0 Å². The van der Waals surface area contributed by atoms with Crippen molar-refractivity contribution in [1.29, 1.82) is 0 Å². The minimum atomic E-state index is -0.206. The first kappa shape index (κ1) is 17.3. The van der Waals surface area contributed by atoms with Crippen LogP contribution in [-0.2, 0) is 0 Å². The average Bonchev–Trinajstić information content (AvgIpc) is 2.39. The Morgan fingerprint density at radius 2 is 2.05 bits per heavy atom. The molecule has 1 heterocycles. The van der Waals surface area contributed by atoms with Crippen molar-refractivity contribution < 1.29 is 4.79 Å². The number of amides is 1. The van der Waals surface area contributed by atoms with E-state index in [9.17, 15) is 4.79 Å². The molecule has 0 aliphatic heterocycles. The highest BCUT2D eigenvalue weighted by Gasteiger charge is 2.20. The molecule has 1 aromatic heterocycles. The van der Waals surface area contributed by atoms with Crippen molar-refractivity contribution in [3.05, 3.63) is 28.0 Å². The van der Waals surface area contributed by atoms with Gasteiger partial charge in [0.25, 0.3) is 5.91 Å². The number of carbonyl (C=O) groups is 1. The Labute approximate surface area is 131 Å². The maximum atomic E-state index is 12.1. The highest BCUT2D eigenvalue weighted by atomic mass is 35.5. The van der Waals surface area contributed by atoms with Gasteiger partial charge in [0.2, 0.25) is 0 Å². The fourth-order valence-electron chi connectivity index (χ4n) is 1.94. The first-order valence-electron chi connectivity index (χ1n) is 6.95. The van der Waals surface area contributed by atoms with E-state index < -0.39 is 0 Å². The molecule has 0 unspecified atom stereocenters. The van der Waals surface area contributed by atoms with Gasteiger partial charge >= 0.3 is 0 Å². The largest absolute Gasteiger partial charge is 0.351 e. The fourth-order valence-corrected chi connectivity index (χ4v) is 2.29. The second-order valence-corrected chi connectivity index (χ2v) is 6.59. The van der Waals surface area contributed by atoms with Gasteiger partial charge in [-0.25, -0.2) is 4.98 Å². The normalized spacial score (nSPS) is 11.4. The number of rotatable bonds is 7. The predicted octanol–water partition coefficient (Wildman–Crippen LogP) is 4.72. The molecule has 0 radical (unpaired) electrons. The van der Waals surface area contributed by atoms with E-state index in [1.807, 2.05) is 0 Å². The van der Waals surface area contributed by atoms with E-state index in [1.54, 1.807) is 0 Å². The summed E-state index contributed by atoms with van der Waals surface area (Å²) in [7, 11) is 0. The summed E-state index contributed by atoms with van der Waals surface area (Å²) in [6.45, 7) is 7.12. The van der Waals surface area contributed by atoms with Crippen molar-refractivity contribution in [1.82, 2.24) is 10.3 Å². The van der Waals surface area contributed by atoms with Crippen LogP contribution in [0.15, 0.2) is 12.3 Å². The van der Waals surface area contributed by atoms with Crippen LogP contribution in [0.5, 0.6) is 0 Å². The molecule has 3 nitrogen and oxygen atoms in total.